The number of aliphatic imine (C=N–C) groups is 1. The Morgan fingerprint density at radius 3 is 2.50 bits per heavy atom. The molecule has 134 valence electrons. The van der Waals surface area contributed by atoms with Gasteiger partial charge in [0.25, 0.3) is 0 Å². The summed E-state index contributed by atoms with van der Waals surface area (Å²) in [5.41, 5.74) is 0.421. The predicted molar refractivity (Wildman–Crippen MR) is 99.5 cm³/mol. The van der Waals surface area contributed by atoms with E-state index in [1.165, 1.54) is 37.8 Å². The molecule has 0 unspecified atom stereocenters. The van der Waals surface area contributed by atoms with Crippen LogP contribution in [0.15, 0.2) is 29.3 Å². The average molecular weight is 453 g/mol. The van der Waals surface area contributed by atoms with E-state index in [-0.39, 0.29) is 24.0 Å². The topological polar surface area (TPSA) is 36.4 Å². The summed E-state index contributed by atoms with van der Waals surface area (Å²) in [7, 11) is 1.68. The van der Waals surface area contributed by atoms with Crippen LogP contribution in [-0.2, 0) is 12.7 Å². The highest BCUT2D eigenvalue weighted by Gasteiger charge is 2.53. The first kappa shape index (κ1) is 19.3. The van der Waals surface area contributed by atoms with Crippen LogP contribution >= 0.6 is 24.0 Å². The van der Waals surface area contributed by atoms with Crippen molar-refractivity contribution < 1.29 is 13.2 Å². The fourth-order valence-corrected chi connectivity index (χ4v) is 3.11. The van der Waals surface area contributed by atoms with Gasteiger partial charge in [-0.05, 0) is 54.7 Å². The second kappa shape index (κ2) is 7.49. The van der Waals surface area contributed by atoms with Crippen LogP contribution in [0.1, 0.15) is 36.8 Å². The van der Waals surface area contributed by atoms with E-state index in [2.05, 4.69) is 15.6 Å². The zero-order valence-electron chi connectivity index (χ0n) is 13.6. The number of hydrogen-bond acceptors (Lipinski definition) is 1. The molecule has 0 atom stereocenters. The lowest BCUT2D eigenvalue weighted by atomic mass is 10.0. The molecule has 1 aromatic carbocycles. The van der Waals surface area contributed by atoms with Gasteiger partial charge in [-0.2, -0.15) is 13.2 Å². The van der Waals surface area contributed by atoms with Gasteiger partial charge in [0.2, 0.25) is 0 Å². The molecule has 3 nitrogen and oxygen atoms in total. The van der Waals surface area contributed by atoms with E-state index < -0.39 is 11.7 Å². The minimum atomic E-state index is -4.31. The third kappa shape index (κ3) is 4.77. The minimum absolute atomic E-state index is 0. The number of hydrogen-bond donors (Lipinski definition) is 2. The molecule has 0 heterocycles. The molecule has 2 aliphatic rings. The fourth-order valence-electron chi connectivity index (χ4n) is 3.11. The zero-order valence-corrected chi connectivity index (χ0v) is 15.9. The maximum Gasteiger partial charge on any atom is 0.416 e. The van der Waals surface area contributed by atoms with E-state index in [1.54, 1.807) is 13.1 Å². The molecule has 7 heteroatoms. The van der Waals surface area contributed by atoms with Crippen LogP contribution in [0.3, 0.4) is 0 Å². The highest BCUT2D eigenvalue weighted by Crippen LogP contribution is 2.60. The smallest absolute Gasteiger partial charge is 0.356 e. The van der Waals surface area contributed by atoms with Crippen molar-refractivity contribution in [1.82, 2.24) is 10.6 Å². The number of halogens is 4. The van der Waals surface area contributed by atoms with Crippen LogP contribution in [0.4, 0.5) is 13.2 Å². The summed E-state index contributed by atoms with van der Waals surface area (Å²) >= 11 is 0. The molecule has 0 bridgehead atoms. The summed E-state index contributed by atoms with van der Waals surface area (Å²) in [5.74, 6) is 1.51. The molecule has 3 rings (SSSR count). The molecule has 0 spiro atoms. The van der Waals surface area contributed by atoms with E-state index >= 15 is 0 Å². The van der Waals surface area contributed by atoms with Gasteiger partial charge >= 0.3 is 6.18 Å². The van der Waals surface area contributed by atoms with Crippen molar-refractivity contribution in [2.24, 2.45) is 16.3 Å². The summed E-state index contributed by atoms with van der Waals surface area (Å²) in [6, 6.07) is 5.38. The summed E-state index contributed by atoms with van der Waals surface area (Å²) < 4.78 is 38.2. The molecule has 0 amide bonds. The zero-order chi connectivity index (χ0) is 16.5. The van der Waals surface area contributed by atoms with Gasteiger partial charge in [-0.1, -0.05) is 12.1 Å². The Bertz CT molecular complexity index is 593. The highest BCUT2D eigenvalue weighted by molar-refractivity contribution is 14.0. The Morgan fingerprint density at radius 1 is 1.25 bits per heavy atom. The molecule has 0 saturated heterocycles. The number of rotatable bonds is 5. The summed E-state index contributed by atoms with van der Waals surface area (Å²) in [6.45, 7) is 1.22. The van der Waals surface area contributed by atoms with Gasteiger partial charge in [0.05, 0.1) is 5.56 Å². The molecule has 1 aromatic rings. The molecule has 2 N–H and O–H groups in total. The Labute approximate surface area is 157 Å². The standard InChI is InChI=1S/C17H22F3N3.HI/c1-21-15(23-11-16(7-8-16)13-5-6-13)22-10-12-3-2-4-14(9-12)17(18,19)20;/h2-4,9,13H,5-8,10-11H2,1H3,(H2,21,22,23);1H. The molecule has 2 aliphatic carbocycles. The lowest BCUT2D eigenvalue weighted by molar-refractivity contribution is -0.137. The van der Waals surface area contributed by atoms with Crippen molar-refractivity contribution in [3.63, 3.8) is 0 Å². The van der Waals surface area contributed by atoms with Crippen LogP contribution < -0.4 is 10.6 Å². The minimum Gasteiger partial charge on any atom is -0.356 e. The van der Waals surface area contributed by atoms with Crippen LogP contribution in [0, 0.1) is 11.3 Å². The fraction of sp³-hybridized carbons (Fsp3) is 0.588. The van der Waals surface area contributed by atoms with Gasteiger partial charge in [0, 0.05) is 20.1 Å². The summed E-state index contributed by atoms with van der Waals surface area (Å²) in [6.07, 6.45) is 0.902. The van der Waals surface area contributed by atoms with Crippen molar-refractivity contribution in [3.8, 4) is 0 Å². The van der Waals surface area contributed by atoms with Crippen molar-refractivity contribution in [3.05, 3.63) is 35.4 Å². The third-order valence-electron chi connectivity index (χ3n) is 4.88. The lowest BCUT2D eigenvalue weighted by Crippen LogP contribution is -2.40. The van der Waals surface area contributed by atoms with Gasteiger partial charge in [0.15, 0.2) is 5.96 Å². The number of nitrogens with one attached hydrogen (secondary N) is 2. The quantitative estimate of drug-likeness (QED) is 0.399. The first-order chi connectivity index (χ1) is 10.9. The maximum atomic E-state index is 12.7. The molecule has 2 fully saturated rings. The number of alkyl halides is 3. The Balaban J connectivity index is 0.00000208. The van der Waals surface area contributed by atoms with Gasteiger partial charge in [0.1, 0.15) is 0 Å². The lowest BCUT2D eigenvalue weighted by Gasteiger charge is -2.18. The second-order valence-corrected chi connectivity index (χ2v) is 6.61. The first-order valence-electron chi connectivity index (χ1n) is 8.04. The molecule has 2 saturated carbocycles. The highest BCUT2D eigenvalue weighted by atomic mass is 127. The van der Waals surface area contributed by atoms with Gasteiger partial charge in [-0.25, -0.2) is 0 Å². The molecule has 0 radical (unpaired) electrons. The Hall–Kier alpha value is -0.990. The van der Waals surface area contributed by atoms with Crippen molar-refractivity contribution in [2.45, 2.75) is 38.4 Å². The maximum absolute atomic E-state index is 12.7. The first-order valence-corrected chi connectivity index (χ1v) is 8.04. The Morgan fingerprint density at radius 2 is 1.96 bits per heavy atom. The van der Waals surface area contributed by atoms with Gasteiger partial charge < -0.3 is 10.6 Å². The van der Waals surface area contributed by atoms with Gasteiger partial charge in [-0.15, -0.1) is 24.0 Å². The third-order valence-corrected chi connectivity index (χ3v) is 4.88. The Kier molecular flexibility index (Phi) is 6.04. The van der Waals surface area contributed by atoms with Crippen LogP contribution in [0.25, 0.3) is 0 Å². The van der Waals surface area contributed by atoms with E-state index in [0.717, 1.165) is 18.5 Å². The SMILES string of the molecule is CN=C(NCc1cccc(C(F)(F)F)c1)NCC1(C2CC2)CC1.I. The van der Waals surface area contributed by atoms with E-state index in [9.17, 15) is 13.2 Å². The monoisotopic (exact) mass is 453 g/mol. The van der Waals surface area contributed by atoms with E-state index in [0.29, 0.717) is 23.5 Å². The predicted octanol–water partition coefficient (Wildman–Crippen LogP) is 4.18. The average Bonchev–Trinajstić information content (AvgIpc) is 3.39. The summed E-state index contributed by atoms with van der Waals surface area (Å²) in [4.78, 5) is 4.16. The largest absolute Gasteiger partial charge is 0.416 e. The van der Waals surface area contributed by atoms with Crippen molar-refractivity contribution >= 4 is 29.9 Å². The molecule has 0 aliphatic heterocycles. The van der Waals surface area contributed by atoms with E-state index in [1.807, 2.05) is 0 Å². The van der Waals surface area contributed by atoms with Crippen LogP contribution in [0.2, 0.25) is 0 Å². The number of benzene rings is 1. The van der Waals surface area contributed by atoms with E-state index in [4.69, 9.17) is 0 Å². The van der Waals surface area contributed by atoms with Crippen LogP contribution in [0.5, 0.6) is 0 Å². The van der Waals surface area contributed by atoms with Crippen molar-refractivity contribution in [1.29, 1.82) is 0 Å². The van der Waals surface area contributed by atoms with Gasteiger partial charge in [-0.3, -0.25) is 4.99 Å². The van der Waals surface area contributed by atoms with Crippen LogP contribution in [-0.4, -0.2) is 19.6 Å². The molecule has 0 aromatic heterocycles. The summed E-state index contributed by atoms with van der Waals surface area (Å²) in [5, 5.41) is 6.42. The number of nitrogens with zero attached hydrogens (tertiary/aromatic N) is 1. The number of guanidine groups is 1. The second-order valence-electron chi connectivity index (χ2n) is 6.61. The molecular formula is C17H23F3IN3. The van der Waals surface area contributed by atoms with Crippen molar-refractivity contribution in [2.75, 3.05) is 13.6 Å². The molecule has 24 heavy (non-hydrogen) atoms. The normalized spacial score (nSPS) is 19.4. The molecular weight excluding hydrogens is 430 g/mol.